The molecule has 2 heterocycles. The molecule has 0 aromatic carbocycles. The van der Waals surface area contributed by atoms with Crippen molar-refractivity contribution in [2.24, 2.45) is 11.7 Å². The molecule has 1 aliphatic rings. The zero-order chi connectivity index (χ0) is 13.9. The molecule has 20 heavy (non-hydrogen) atoms. The molecule has 6 nitrogen and oxygen atoms in total. The van der Waals surface area contributed by atoms with Gasteiger partial charge in [0.05, 0.1) is 0 Å². The number of hydrogen-bond donors (Lipinski definition) is 2. The Morgan fingerprint density at radius 2 is 2.40 bits per heavy atom. The van der Waals surface area contributed by atoms with Crippen molar-refractivity contribution in [3.8, 4) is 11.3 Å². The molecule has 2 aromatic heterocycles. The Morgan fingerprint density at radius 1 is 1.55 bits per heavy atom. The summed E-state index contributed by atoms with van der Waals surface area (Å²) in [6.45, 7) is 0.448. The molecule has 1 aliphatic carbocycles. The number of nitrogens with zero attached hydrogens (tertiary/aromatic N) is 2. The lowest BCUT2D eigenvalue weighted by atomic mass is 10.1. The van der Waals surface area contributed by atoms with Crippen LogP contribution >= 0.6 is 0 Å². The Bertz CT molecular complexity index is 592. The van der Waals surface area contributed by atoms with Crippen molar-refractivity contribution in [1.82, 2.24) is 15.5 Å². The third kappa shape index (κ3) is 2.70. The van der Waals surface area contributed by atoms with Crippen LogP contribution in [0.4, 0.5) is 0 Å². The number of hydrogen-bond acceptors (Lipinski definition) is 5. The lowest BCUT2D eigenvalue weighted by Crippen LogP contribution is -2.41. The molecular weight excluding hydrogens is 256 g/mol. The van der Waals surface area contributed by atoms with Crippen molar-refractivity contribution in [3.05, 3.63) is 36.3 Å². The first-order valence-corrected chi connectivity index (χ1v) is 6.66. The smallest absolute Gasteiger partial charge is 0.273 e. The van der Waals surface area contributed by atoms with Gasteiger partial charge in [-0.3, -0.25) is 9.78 Å². The minimum atomic E-state index is -0.244. The van der Waals surface area contributed by atoms with Crippen molar-refractivity contribution in [3.63, 3.8) is 0 Å². The van der Waals surface area contributed by atoms with Crippen molar-refractivity contribution in [2.45, 2.75) is 18.9 Å². The summed E-state index contributed by atoms with van der Waals surface area (Å²) in [5, 5.41) is 6.71. The molecule has 3 rings (SSSR count). The number of rotatable bonds is 5. The minimum absolute atomic E-state index is 0.0287. The second-order valence-corrected chi connectivity index (χ2v) is 4.97. The van der Waals surface area contributed by atoms with Crippen LogP contribution in [0.3, 0.4) is 0 Å². The average Bonchev–Trinajstić information content (AvgIpc) is 3.21. The van der Waals surface area contributed by atoms with Gasteiger partial charge in [0, 0.05) is 36.6 Å². The van der Waals surface area contributed by atoms with E-state index in [4.69, 9.17) is 10.3 Å². The Kier molecular flexibility index (Phi) is 3.47. The van der Waals surface area contributed by atoms with E-state index in [0.29, 0.717) is 18.2 Å². The second-order valence-electron chi connectivity index (χ2n) is 4.97. The molecule has 1 saturated carbocycles. The van der Waals surface area contributed by atoms with Gasteiger partial charge in [0.1, 0.15) is 0 Å². The number of aromatic nitrogens is 2. The van der Waals surface area contributed by atoms with Gasteiger partial charge in [-0.25, -0.2) is 0 Å². The minimum Gasteiger partial charge on any atom is -0.355 e. The van der Waals surface area contributed by atoms with Gasteiger partial charge in [-0.05, 0) is 30.9 Å². The number of nitrogens with one attached hydrogen (secondary N) is 1. The van der Waals surface area contributed by atoms with E-state index in [0.717, 1.165) is 18.4 Å². The fourth-order valence-corrected chi connectivity index (χ4v) is 2.14. The predicted molar refractivity (Wildman–Crippen MR) is 72.8 cm³/mol. The molecule has 6 heteroatoms. The average molecular weight is 272 g/mol. The fraction of sp³-hybridized carbons (Fsp3) is 0.357. The van der Waals surface area contributed by atoms with Gasteiger partial charge < -0.3 is 15.6 Å². The highest BCUT2D eigenvalue weighted by Gasteiger charge is 2.31. The highest BCUT2D eigenvalue weighted by Crippen LogP contribution is 2.32. The van der Waals surface area contributed by atoms with Crippen LogP contribution in [0.15, 0.2) is 35.1 Å². The van der Waals surface area contributed by atoms with Crippen LogP contribution in [0.2, 0.25) is 0 Å². The standard InChI is InChI=1S/C14H16N4O2/c15-7-12(9-3-4-9)17-14(19)11-6-13(20-18-11)10-2-1-5-16-8-10/h1-2,5-6,8-9,12H,3-4,7,15H2,(H,17,19). The van der Waals surface area contributed by atoms with E-state index >= 15 is 0 Å². The van der Waals surface area contributed by atoms with Gasteiger partial charge in [-0.15, -0.1) is 0 Å². The Morgan fingerprint density at radius 3 is 3.05 bits per heavy atom. The maximum atomic E-state index is 12.1. The maximum absolute atomic E-state index is 12.1. The van der Waals surface area contributed by atoms with E-state index in [2.05, 4.69) is 15.5 Å². The van der Waals surface area contributed by atoms with Crippen molar-refractivity contribution in [2.75, 3.05) is 6.54 Å². The number of nitrogens with two attached hydrogens (primary N) is 1. The molecule has 1 unspecified atom stereocenters. The van der Waals surface area contributed by atoms with Gasteiger partial charge in [-0.2, -0.15) is 0 Å². The molecule has 1 amide bonds. The summed E-state index contributed by atoms with van der Waals surface area (Å²) in [6, 6.07) is 5.30. The molecule has 1 fully saturated rings. The third-order valence-electron chi connectivity index (χ3n) is 3.45. The second kappa shape index (κ2) is 5.42. The highest BCUT2D eigenvalue weighted by molar-refractivity contribution is 5.93. The van der Waals surface area contributed by atoms with Crippen LogP contribution in [-0.4, -0.2) is 28.6 Å². The SMILES string of the molecule is NCC(NC(=O)c1cc(-c2cccnc2)on1)C1CC1. The van der Waals surface area contributed by atoms with E-state index in [1.54, 1.807) is 24.5 Å². The topological polar surface area (TPSA) is 94.0 Å². The molecule has 0 bridgehead atoms. The summed E-state index contributed by atoms with van der Waals surface area (Å²) in [5.41, 5.74) is 6.72. The first-order valence-electron chi connectivity index (χ1n) is 6.66. The van der Waals surface area contributed by atoms with Crippen LogP contribution in [0.25, 0.3) is 11.3 Å². The molecular formula is C14H16N4O2. The molecule has 104 valence electrons. The fourth-order valence-electron chi connectivity index (χ4n) is 2.14. The number of pyridine rings is 1. The van der Waals surface area contributed by atoms with Crippen molar-refractivity contribution >= 4 is 5.91 Å². The first kappa shape index (κ1) is 12.8. The predicted octanol–water partition coefficient (Wildman–Crippen LogP) is 1.20. The monoisotopic (exact) mass is 272 g/mol. The lowest BCUT2D eigenvalue weighted by Gasteiger charge is -2.14. The summed E-state index contributed by atoms with van der Waals surface area (Å²) in [6.07, 6.45) is 5.59. The molecule has 2 aromatic rings. The maximum Gasteiger partial charge on any atom is 0.273 e. The third-order valence-corrected chi connectivity index (χ3v) is 3.45. The van der Waals surface area contributed by atoms with Crippen molar-refractivity contribution < 1.29 is 9.32 Å². The summed E-state index contributed by atoms with van der Waals surface area (Å²) in [7, 11) is 0. The largest absolute Gasteiger partial charge is 0.355 e. The summed E-state index contributed by atoms with van der Waals surface area (Å²) < 4.78 is 5.18. The van der Waals surface area contributed by atoms with Crippen LogP contribution in [-0.2, 0) is 0 Å². The quantitative estimate of drug-likeness (QED) is 0.853. The van der Waals surface area contributed by atoms with Crippen LogP contribution in [0.5, 0.6) is 0 Å². The van der Waals surface area contributed by atoms with Gasteiger partial charge in [0.25, 0.3) is 5.91 Å². The van der Waals surface area contributed by atoms with E-state index in [1.165, 1.54) is 0 Å². The van der Waals surface area contributed by atoms with Crippen LogP contribution in [0.1, 0.15) is 23.3 Å². The van der Waals surface area contributed by atoms with Crippen molar-refractivity contribution in [1.29, 1.82) is 0 Å². The number of carbonyl (C=O) groups excluding carboxylic acids is 1. The first-order chi connectivity index (χ1) is 9.78. The van der Waals surface area contributed by atoms with E-state index in [1.807, 2.05) is 6.07 Å². The molecule has 0 spiro atoms. The normalized spacial score (nSPS) is 15.8. The summed E-state index contributed by atoms with van der Waals surface area (Å²) in [5.74, 6) is 0.791. The Labute approximate surface area is 116 Å². The number of amides is 1. The van der Waals surface area contributed by atoms with Crippen LogP contribution in [0, 0.1) is 5.92 Å². The molecule has 3 N–H and O–H groups in total. The summed E-state index contributed by atoms with van der Waals surface area (Å²) >= 11 is 0. The number of carbonyl (C=O) groups is 1. The van der Waals surface area contributed by atoms with Gasteiger partial charge in [-0.1, -0.05) is 5.16 Å². The van der Waals surface area contributed by atoms with Gasteiger partial charge >= 0.3 is 0 Å². The van der Waals surface area contributed by atoms with Crippen LogP contribution < -0.4 is 11.1 Å². The van der Waals surface area contributed by atoms with E-state index in [-0.39, 0.29) is 17.6 Å². The zero-order valence-electron chi connectivity index (χ0n) is 11.0. The van der Waals surface area contributed by atoms with E-state index in [9.17, 15) is 4.79 Å². The van der Waals surface area contributed by atoms with Gasteiger partial charge in [0.15, 0.2) is 11.5 Å². The zero-order valence-corrected chi connectivity index (χ0v) is 11.0. The molecule has 1 atom stereocenters. The van der Waals surface area contributed by atoms with E-state index < -0.39 is 0 Å². The molecule has 0 radical (unpaired) electrons. The molecule has 0 aliphatic heterocycles. The summed E-state index contributed by atoms with van der Waals surface area (Å²) in [4.78, 5) is 16.1. The highest BCUT2D eigenvalue weighted by atomic mass is 16.5. The lowest BCUT2D eigenvalue weighted by molar-refractivity contribution is 0.0924. The Balaban J connectivity index is 1.71. The van der Waals surface area contributed by atoms with Gasteiger partial charge in [0.2, 0.25) is 0 Å². The molecule has 0 saturated heterocycles. The Hall–Kier alpha value is -2.21.